The molecule has 19 heavy (non-hydrogen) atoms. The topological polar surface area (TPSA) is 16.1 Å². The monoisotopic (exact) mass is 270 g/mol. The van der Waals surface area contributed by atoms with Crippen molar-refractivity contribution in [3.05, 3.63) is 40.7 Å². The van der Waals surface area contributed by atoms with Crippen LogP contribution in [0.5, 0.6) is 0 Å². The Hall–Kier alpha value is -1.19. The number of hydrogen-bond acceptors (Lipinski definition) is 3. The maximum Gasteiger partial charge on any atom is 0.0710 e. The van der Waals surface area contributed by atoms with E-state index in [0.717, 1.165) is 5.69 Å². The highest BCUT2D eigenvalue weighted by Crippen LogP contribution is 2.42. The molecule has 3 heteroatoms. The van der Waals surface area contributed by atoms with Gasteiger partial charge in [-0.2, -0.15) is 11.3 Å². The van der Waals surface area contributed by atoms with Gasteiger partial charge in [-0.1, -0.05) is 6.07 Å². The average Bonchev–Trinajstić information content (AvgIpc) is 3.09. The van der Waals surface area contributed by atoms with Crippen molar-refractivity contribution in [3.63, 3.8) is 0 Å². The van der Waals surface area contributed by atoms with E-state index in [4.69, 9.17) is 4.98 Å². The van der Waals surface area contributed by atoms with Crippen LogP contribution in [-0.2, 0) is 5.41 Å². The van der Waals surface area contributed by atoms with E-state index >= 15 is 0 Å². The molecular formula is C16H18N2S. The first-order chi connectivity index (χ1) is 9.36. The van der Waals surface area contributed by atoms with Crippen molar-refractivity contribution in [3.8, 4) is 11.3 Å². The van der Waals surface area contributed by atoms with E-state index in [1.54, 1.807) is 11.3 Å². The molecule has 2 atom stereocenters. The molecule has 2 unspecified atom stereocenters. The normalized spacial score (nSPS) is 29.6. The maximum atomic E-state index is 4.70. The Morgan fingerprint density at radius 2 is 2.16 bits per heavy atom. The van der Waals surface area contributed by atoms with Crippen molar-refractivity contribution >= 4 is 11.3 Å². The molecule has 98 valence electrons. The molecule has 2 saturated heterocycles. The first-order valence-electron chi connectivity index (χ1n) is 7.07. The number of piperidine rings is 1. The van der Waals surface area contributed by atoms with Gasteiger partial charge in [0.2, 0.25) is 0 Å². The molecule has 2 fully saturated rings. The Morgan fingerprint density at radius 1 is 1.16 bits per heavy atom. The van der Waals surface area contributed by atoms with Crippen molar-refractivity contribution in [2.75, 3.05) is 19.6 Å². The molecule has 0 spiro atoms. The van der Waals surface area contributed by atoms with Crippen LogP contribution < -0.4 is 0 Å². The van der Waals surface area contributed by atoms with Crippen molar-refractivity contribution in [2.45, 2.75) is 24.7 Å². The fourth-order valence-corrected chi connectivity index (χ4v) is 4.31. The van der Waals surface area contributed by atoms with Crippen LogP contribution in [0.4, 0.5) is 0 Å². The number of pyridine rings is 1. The number of nitrogens with zero attached hydrogens (tertiary/aromatic N) is 2. The summed E-state index contributed by atoms with van der Waals surface area (Å²) in [6, 6.07) is 6.65. The summed E-state index contributed by atoms with van der Waals surface area (Å²) in [5, 5.41) is 4.28. The highest BCUT2D eigenvalue weighted by Gasteiger charge is 2.42. The van der Waals surface area contributed by atoms with Gasteiger partial charge in [0, 0.05) is 29.1 Å². The van der Waals surface area contributed by atoms with E-state index in [9.17, 15) is 0 Å². The molecule has 0 aromatic carbocycles. The molecule has 0 saturated carbocycles. The number of aromatic nitrogens is 1. The van der Waals surface area contributed by atoms with Gasteiger partial charge in [0.05, 0.1) is 5.69 Å². The minimum absolute atomic E-state index is 0.401. The number of rotatable bonds is 2. The van der Waals surface area contributed by atoms with Crippen LogP contribution in [-0.4, -0.2) is 29.5 Å². The van der Waals surface area contributed by atoms with E-state index < -0.39 is 0 Å². The van der Waals surface area contributed by atoms with Crippen molar-refractivity contribution in [1.82, 2.24) is 9.88 Å². The summed E-state index contributed by atoms with van der Waals surface area (Å²) in [5.41, 5.74) is 4.20. The summed E-state index contributed by atoms with van der Waals surface area (Å²) in [6.45, 7) is 3.81. The van der Waals surface area contributed by atoms with Crippen LogP contribution in [0.1, 0.15) is 24.8 Å². The van der Waals surface area contributed by atoms with Gasteiger partial charge in [-0.25, -0.2) is 0 Å². The first kappa shape index (κ1) is 11.6. The fourth-order valence-electron chi connectivity index (χ4n) is 3.66. The molecule has 2 bridgehead atoms. The predicted molar refractivity (Wildman–Crippen MR) is 79.5 cm³/mol. The molecular weight excluding hydrogens is 252 g/mol. The minimum atomic E-state index is 0.401. The van der Waals surface area contributed by atoms with Gasteiger partial charge < -0.3 is 4.90 Å². The Bertz CT molecular complexity index is 557. The Morgan fingerprint density at radius 3 is 2.95 bits per heavy atom. The summed E-state index contributed by atoms with van der Waals surface area (Å²) >= 11 is 1.73. The molecule has 2 aliphatic heterocycles. The van der Waals surface area contributed by atoms with Crippen LogP contribution in [0.25, 0.3) is 11.3 Å². The van der Waals surface area contributed by atoms with Crippen molar-refractivity contribution in [1.29, 1.82) is 0 Å². The Balaban J connectivity index is 1.66. The highest BCUT2D eigenvalue weighted by atomic mass is 32.1. The summed E-state index contributed by atoms with van der Waals surface area (Å²) in [7, 11) is 0. The number of hydrogen-bond donors (Lipinski definition) is 0. The van der Waals surface area contributed by atoms with E-state index in [-0.39, 0.29) is 0 Å². The fraction of sp³-hybridized carbons (Fsp3) is 0.438. The van der Waals surface area contributed by atoms with Gasteiger partial charge >= 0.3 is 0 Å². The van der Waals surface area contributed by atoms with Crippen molar-refractivity contribution in [2.24, 2.45) is 0 Å². The molecule has 0 radical (unpaired) electrons. The summed E-state index contributed by atoms with van der Waals surface area (Å²) in [4.78, 5) is 7.30. The average molecular weight is 270 g/mol. The lowest BCUT2D eigenvalue weighted by atomic mass is 9.75. The Labute approximate surface area is 118 Å². The lowest BCUT2D eigenvalue weighted by molar-refractivity contribution is 0.243. The first-order valence-corrected chi connectivity index (χ1v) is 8.02. The summed E-state index contributed by atoms with van der Waals surface area (Å²) < 4.78 is 0. The van der Waals surface area contributed by atoms with Gasteiger partial charge in [-0.3, -0.25) is 4.98 Å². The van der Waals surface area contributed by atoms with Crippen LogP contribution in [0.2, 0.25) is 0 Å². The third kappa shape index (κ3) is 1.92. The zero-order valence-corrected chi connectivity index (χ0v) is 11.8. The van der Waals surface area contributed by atoms with E-state index in [1.165, 1.54) is 50.0 Å². The second-order valence-electron chi connectivity index (χ2n) is 5.85. The quantitative estimate of drug-likeness (QED) is 0.829. The van der Waals surface area contributed by atoms with Crippen molar-refractivity contribution < 1.29 is 0 Å². The third-order valence-electron chi connectivity index (χ3n) is 4.76. The van der Waals surface area contributed by atoms with Gasteiger partial charge in [-0.15, -0.1) is 0 Å². The number of fused-ring (bicyclic) bond motifs is 2. The smallest absolute Gasteiger partial charge is 0.0710 e. The zero-order valence-electron chi connectivity index (χ0n) is 11.0. The predicted octanol–water partition coefficient (Wildman–Crippen LogP) is 3.55. The summed E-state index contributed by atoms with van der Waals surface area (Å²) in [5.74, 6) is 0. The molecule has 2 nitrogen and oxygen atoms in total. The molecule has 4 heterocycles. The Kier molecular flexibility index (Phi) is 2.71. The zero-order chi connectivity index (χ0) is 12.7. The number of thiophene rings is 1. The van der Waals surface area contributed by atoms with E-state index in [2.05, 4.69) is 40.1 Å². The van der Waals surface area contributed by atoms with Crippen LogP contribution in [0.15, 0.2) is 35.2 Å². The molecule has 4 rings (SSSR count). The molecule has 2 aromatic rings. The minimum Gasteiger partial charge on any atom is -0.302 e. The van der Waals surface area contributed by atoms with Gasteiger partial charge in [0.15, 0.2) is 0 Å². The largest absolute Gasteiger partial charge is 0.302 e. The van der Waals surface area contributed by atoms with Crippen LogP contribution in [0.3, 0.4) is 0 Å². The molecule has 2 aliphatic rings. The lowest BCUT2D eigenvalue weighted by Crippen LogP contribution is -2.36. The standard InChI is InChI=1S/C16H18N2S/c1-5-16(6-8-18(7-1)12-16)14-2-3-15(17-10-14)13-4-9-19-11-13/h2-4,9-11H,1,5-8,12H2. The second-order valence-corrected chi connectivity index (χ2v) is 6.63. The van der Waals surface area contributed by atoms with Crippen LogP contribution >= 0.6 is 11.3 Å². The highest BCUT2D eigenvalue weighted by molar-refractivity contribution is 7.08. The molecule has 0 amide bonds. The lowest BCUT2D eigenvalue weighted by Gasteiger charge is -2.34. The molecule has 2 aromatic heterocycles. The molecule has 0 N–H and O–H groups in total. The molecule has 0 aliphatic carbocycles. The SMILES string of the molecule is c1cc(-c2ccc(C34CCCN(CC3)C4)cn2)cs1. The van der Waals surface area contributed by atoms with E-state index in [0.29, 0.717) is 5.41 Å². The van der Waals surface area contributed by atoms with Gasteiger partial charge in [0.25, 0.3) is 0 Å². The van der Waals surface area contributed by atoms with Gasteiger partial charge in [-0.05, 0) is 55.4 Å². The third-order valence-corrected chi connectivity index (χ3v) is 5.44. The van der Waals surface area contributed by atoms with Crippen LogP contribution in [0, 0.1) is 0 Å². The maximum absolute atomic E-state index is 4.70. The van der Waals surface area contributed by atoms with E-state index in [1.807, 2.05) is 0 Å². The van der Waals surface area contributed by atoms with Gasteiger partial charge in [0.1, 0.15) is 0 Å². The second kappa shape index (κ2) is 4.43. The summed E-state index contributed by atoms with van der Waals surface area (Å²) in [6.07, 6.45) is 6.11.